The molecule has 0 aliphatic heterocycles. The van der Waals surface area contributed by atoms with Crippen LogP contribution >= 0.6 is 42.7 Å². The Morgan fingerprint density at radius 1 is 0.846 bits per heavy atom. The quantitative estimate of drug-likeness (QED) is 0.260. The molecule has 0 aliphatic carbocycles. The van der Waals surface area contributed by atoms with Crippen molar-refractivity contribution in [1.29, 1.82) is 0 Å². The van der Waals surface area contributed by atoms with Crippen molar-refractivity contribution in [1.82, 2.24) is 0 Å². The van der Waals surface area contributed by atoms with Gasteiger partial charge in [0, 0.05) is 0 Å². The van der Waals surface area contributed by atoms with Crippen molar-refractivity contribution in [2.45, 2.75) is 55.7 Å². The second-order valence-corrected chi connectivity index (χ2v) is 32.8. The van der Waals surface area contributed by atoms with Crippen LogP contribution in [-0.4, -0.2) is 12.3 Å². The summed E-state index contributed by atoms with van der Waals surface area (Å²) in [4.78, 5) is 0. The minimum absolute atomic E-state index is 1.40. The van der Waals surface area contributed by atoms with E-state index in [9.17, 15) is 0 Å². The monoisotopic (exact) mass is 472 g/mol. The van der Waals surface area contributed by atoms with Crippen LogP contribution in [0.5, 0.6) is 0 Å². The average Bonchev–Trinajstić information content (AvgIpc) is 2.06. The molecular weight excluding hydrogens is 449 g/mol. The molecule has 82 valence electrons. The molecule has 0 nitrogen and oxygen atoms in total. The summed E-state index contributed by atoms with van der Waals surface area (Å²) in [5.41, 5.74) is 0. The number of halogens is 2. The predicted octanol–water partition coefficient (Wildman–Crippen LogP) is 5.53. The molecule has 0 aromatic rings. The summed E-state index contributed by atoms with van der Waals surface area (Å²) in [5, 5.41) is 4.68. The Balaban J connectivity index is 4.58. The van der Waals surface area contributed by atoms with Gasteiger partial charge in [-0.05, 0) is 0 Å². The van der Waals surface area contributed by atoms with Crippen LogP contribution in [0, 0.1) is 0 Å². The third-order valence-corrected chi connectivity index (χ3v) is 39.1. The van der Waals surface area contributed by atoms with Crippen LogP contribution in [0.15, 0.2) is 0 Å². The first kappa shape index (κ1) is 15.0. The van der Waals surface area contributed by atoms with E-state index < -0.39 is 9.10 Å². The molecule has 13 heavy (non-hydrogen) atoms. The van der Waals surface area contributed by atoms with E-state index in [1.807, 2.05) is 0 Å². The van der Waals surface area contributed by atoms with Crippen molar-refractivity contribution in [3.05, 3.63) is 0 Å². The van der Waals surface area contributed by atoms with E-state index in [0.717, 1.165) is 0 Å². The van der Waals surface area contributed by atoms with Gasteiger partial charge in [0.2, 0.25) is 0 Å². The van der Waals surface area contributed by atoms with E-state index in [-0.39, 0.29) is 0 Å². The molecule has 0 bridgehead atoms. The molecule has 0 aromatic heterocycles. The van der Waals surface area contributed by atoms with E-state index in [0.29, 0.717) is 0 Å². The zero-order valence-corrected chi connectivity index (χ0v) is 15.3. The van der Waals surface area contributed by atoms with E-state index in [1.165, 1.54) is 22.5 Å². The molecule has 0 amide bonds. The Kier molecular flexibility index (Phi) is 7.59. The maximum atomic E-state index is 2.94. The summed E-state index contributed by atoms with van der Waals surface area (Å²) in [6.45, 7) is 7.07. The molecule has 0 N–H and O–H groups in total. The second kappa shape index (κ2) is 6.57. The number of hydrogen-bond acceptors (Lipinski definition) is 0. The Morgan fingerprint density at radius 2 is 1.15 bits per heavy atom. The molecule has 0 saturated carbocycles. The average molecular weight is 472 g/mol. The molecular formula is C10H23AsI2. The van der Waals surface area contributed by atoms with Gasteiger partial charge >= 0.3 is 111 Å². The summed E-state index contributed by atoms with van der Waals surface area (Å²) in [7, 11) is -1.84. The molecule has 0 aromatic carbocycles. The van der Waals surface area contributed by atoms with Gasteiger partial charge in [0.05, 0.1) is 0 Å². The van der Waals surface area contributed by atoms with Crippen LogP contribution in [0.3, 0.4) is 0 Å². The van der Waals surface area contributed by atoms with E-state index >= 15 is 0 Å². The van der Waals surface area contributed by atoms with Crippen LogP contribution < -0.4 is 0 Å². The van der Waals surface area contributed by atoms with Crippen LogP contribution in [0.1, 0.15) is 40.0 Å². The van der Waals surface area contributed by atoms with E-state index in [4.69, 9.17) is 0 Å². The summed E-state index contributed by atoms with van der Waals surface area (Å²) >= 11 is 5.60. The van der Waals surface area contributed by atoms with Crippen LogP contribution in [-0.2, 0) is 0 Å². The second-order valence-electron chi connectivity index (χ2n) is 4.11. The van der Waals surface area contributed by atoms with E-state index in [2.05, 4.69) is 63.5 Å². The van der Waals surface area contributed by atoms with Gasteiger partial charge < -0.3 is 0 Å². The number of hydrogen-bond donors (Lipinski definition) is 0. The Bertz CT molecular complexity index is 128. The molecule has 0 fully saturated rings. The third kappa shape index (κ3) is 4.58. The molecule has 0 heterocycles. The fraction of sp³-hybridized carbons (Fsp3) is 1.00. The summed E-state index contributed by atoms with van der Waals surface area (Å²) in [6.07, 6.45) is 4.20. The standard InChI is InChI=1S/C10H23AsI2/c1-4-7-11(13,10-12,8-5-2)9-6-3/h4-10H2,1-3H3. The fourth-order valence-electron chi connectivity index (χ4n) is 2.19. The van der Waals surface area contributed by atoms with Crippen molar-refractivity contribution in [3.8, 4) is 0 Å². The van der Waals surface area contributed by atoms with Crippen LogP contribution in [0.25, 0.3) is 0 Å². The fourth-order valence-corrected chi connectivity index (χ4v) is 24.2. The molecule has 0 radical (unpaired) electrons. The van der Waals surface area contributed by atoms with Gasteiger partial charge in [0.1, 0.15) is 0 Å². The molecule has 0 aliphatic rings. The number of rotatable bonds is 7. The van der Waals surface area contributed by atoms with Gasteiger partial charge in [-0.3, -0.25) is 0 Å². The summed E-state index contributed by atoms with van der Waals surface area (Å²) in [5.74, 6) is 0. The van der Waals surface area contributed by atoms with Gasteiger partial charge in [0.15, 0.2) is 0 Å². The predicted molar refractivity (Wildman–Crippen MR) is 84.0 cm³/mol. The molecule has 0 rings (SSSR count). The first-order valence-corrected chi connectivity index (χ1v) is 17.9. The zero-order chi connectivity index (χ0) is 10.4. The minimum atomic E-state index is -1.84. The first-order valence-electron chi connectivity index (χ1n) is 5.32. The Morgan fingerprint density at radius 3 is 1.31 bits per heavy atom. The third-order valence-electron chi connectivity index (χ3n) is 2.65. The van der Waals surface area contributed by atoms with Gasteiger partial charge in [-0.15, -0.1) is 0 Å². The molecule has 0 unspecified atom stereocenters. The van der Waals surface area contributed by atoms with Crippen LogP contribution in [0.2, 0.25) is 15.6 Å². The Labute approximate surface area is 109 Å². The van der Waals surface area contributed by atoms with E-state index in [1.54, 1.807) is 15.6 Å². The van der Waals surface area contributed by atoms with Crippen molar-refractivity contribution in [2.75, 3.05) is 3.22 Å². The molecule has 0 atom stereocenters. The Hall–Kier alpha value is 2.02. The molecule has 0 saturated heterocycles. The molecule has 0 spiro atoms. The zero-order valence-electron chi connectivity index (χ0n) is 9.15. The van der Waals surface area contributed by atoms with Gasteiger partial charge in [0.25, 0.3) is 0 Å². The van der Waals surface area contributed by atoms with Crippen molar-refractivity contribution >= 4 is 51.8 Å². The topological polar surface area (TPSA) is 0 Å². The normalized spacial score (nSPS) is 15.3. The van der Waals surface area contributed by atoms with Crippen molar-refractivity contribution in [2.24, 2.45) is 0 Å². The number of alkyl halides is 1. The molecule has 3 heteroatoms. The van der Waals surface area contributed by atoms with Crippen LogP contribution in [0.4, 0.5) is 0 Å². The van der Waals surface area contributed by atoms with Gasteiger partial charge in [-0.1, -0.05) is 0 Å². The SMILES string of the molecule is CCC[As](I)(CI)(CCC)CCC. The first-order chi connectivity index (χ1) is 6.04. The van der Waals surface area contributed by atoms with Crippen molar-refractivity contribution in [3.63, 3.8) is 0 Å². The summed E-state index contributed by atoms with van der Waals surface area (Å²) < 4.78 is 1.48. The van der Waals surface area contributed by atoms with Gasteiger partial charge in [-0.25, -0.2) is 0 Å². The summed E-state index contributed by atoms with van der Waals surface area (Å²) in [6, 6.07) is 0. The van der Waals surface area contributed by atoms with Crippen molar-refractivity contribution < 1.29 is 0 Å². The van der Waals surface area contributed by atoms with Gasteiger partial charge in [-0.2, -0.15) is 0 Å². The maximum absolute atomic E-state index is 2.94.